The van der Waals surface area contributed by atoms with Gasteiger partial charge in [0.05, 0.1) is 92.8 Å². The molecule has 0 aromatic rings. The summed E-state index contributed by atoms with van der Waals surface area (Å²) in [6, 6.07) is 0. The number of carbonyl (C=O) groups excluding carboxylic acids is 8. The maximum Gasteiger partial charge on any atom is 0.329 e. The van der Waals surface area contributed by atoms with E-state index in [2.05, 4.69) is 120 Å². The number of methoxy groups -OCH3 is 1. The molecule has 0 heterocycles. The zero-order valence-electron chi connectivity index (χ0n) is 84.1. The van der Waals surface area contributed by atoms with Crippen molar-refractivity contribution in [3.05, 3.63) is 0 Å². The van der Waals surface area contributed by atoms with Crippen molar-refractivity contribution in [2.75, 3.05) is 215 Å². The van der Waals surface area contributed by atoms with Crippen LogP contribution in [0.15, 0.2) is 0 Å². The van der Waals surface area contributed by atoms with E-state index in [1.165, 1.54) is 25.1 Å². The summed E-state index contributed by atoms with van der Waals surface area (Å²) in [5.41, 5.74) is 2.24. The summed E-state index contributed by atoms with van der Waals surface area (Å²) in [6.45, 7) is 63.6. The van der Waals surface area contributed by atoms with Gasteiger partial charge in [-0.3, -0.25) is 33.6 Å². The Kier molecular flexibility index (Phi) is 104. The lowest BCUT2D eigenvalue weighted by molar-refractivity contribution is -0.870. The van der Waals surface area contributed by atoms with Crippen LogP contribution in [0, 0.1) is 43.3 Å². The third-order valence-electron chi connectivity index (χ3n) is 18.5. The summed E-state index contributed by atoms with van der Waals surface area (Å²) in [5.74, 6) is 19.8. The highest BCUT2D eigenvalue weighted by Crippen LogP contribution is 2.28. The first-order valence-corrected chi connectivity index (χ1v) is 52.2. The maximum atomic E-state index is 11.9. The fourth-order valence-corrected chi connectivity index (χ4v) is 13.0. The van der Waals surface area contributed by atoms with Crippen LogP contribution in [0.25, 0.3) is 0 Å². The lowest BCUT2D eigenvalue weighted by Crippen LogP contribution is -3.00. The van der Waals surface area contributed by atoms with Gasteiger partial charge in [-0.2, -0.15) is 100.0 Å². The van der Waals surface area contributed by atoms with E-state index in [0.29, 0.717) is 45.7 Å². The van der Waals surface area contributed by atoms with Gasteiger partial charge in [0.2, 0.25) is 5.91 Å². The van der Waals surface area contributed by atoms with Crippen LogP contribution in [0.4, 0.5) is 0 Å². The van der Waals surface area contributed by atoms with Crippen molar-refractivity contribution in [2.24, 2.45) is 55.0 Å². The second kappa shape index (κ2) is 86.0. The van der Waals surface area contributed by atoms with Crippen LogP contribution in [0.1, 0.15) is 259 Å². The fourth-order valence-electron chi connectivity index (χ4n) is 6.50. The normalized spacial score (nSPS) is 11.7. The van der Waals surface area contributed by atoms with Gasteiger partial charge >= 0.3 is 41.8 Å². The zero-order valence-corrected chi connectivity index (χ0v) is 92.9. The Morgan fingerprint density at radius 2 is 0.603 bits per heavy atom. The molecule has 0 aromatic carbocycles. The van der Waals surface area contributed by atoms with E-state index >= 15 is 0 Å². The second-order valence-corrected chi connectivity index (χ2v) is 45.7. The molecule has 1 atom stereocenters. The molecule has 1 amide bonds. The van der Waals surface area contributed by atoms with Crippen molar-refractivity contribution in [3.8, 4) is 0 Å². The van der Waals surface area contributed by atoms with Gasteiger partial charge in [-0.25, -0.2) is 4.79 Å². The summed E-state index contributed by atoms with van der Waals surface area (Å²) >= 11 is 14.6. The summed E-state index contributed by atoms with van der Waals surface area (Å²) in [4.78, 5) is 97.0. The van der Waals surface area contributed by atoms with Crippen LogP contribution < -0.4 is 36.4 Å². The van der Waals surface area contributed by atoms with E-state index in [9.17, 15) is 38.4 Å². The molecule has 0 saturated carbocycles. The number of quaternary nitrogens is 2. The molecule has 0 aliphatic heterocycles. The number of likely N-dealkylation sites (N-methyl/N-ethyl adjacent to an activating group) is 1. The minimum Gasteiger partial charge on any atom is -1.00 e. The van der Waals surface area contributed by atoms with Crippen molar-refractivity contribution < 1.29 is 110 Å². The number of nitrogens with zero attached hydrogens (tertiary/aromatic N) is 3. The van der Waals surface area contributed by atoms with E-state index in [4.69, 9.17) is 38.9 Å². The molecule has 734 valence electrons. The van der Waals surface area contributed by atoms with Crippen molar-refractivity contribution in [2.45, 2.75) is 265 Å². The molecule has 0 rings (SSSR count). The van der Waals surface area contributed by atoms with Crippen LogP contribution in [-0.2, 0) is 76.4 Å². The minimum absolute atomic E-state index is 0. The number of rotatable bonds is 54. The van der Waals surface area contributed by atoms with Gasteiger partial charge in [-0.15, -0.1) is 12.4 Å². The topological polar surface area (TPSA) is 266 Å². The molecule has 0 aliphatic carbocycles. The molecule has 0 saturated heterocycles. The Morgan fingerprint density at radius 3 is 0.802 bits per heavy atom. The van der Waals surface area contributed by atoms with Gasteiger partial charge in [0.15, 0.2) is 0 Å². The SMILES string of the molecule is CCC(C)(C)C(=O)OCC[N+](C)(C)C.CCC(C)(C)C(=O)ON.CCC(C)(C)C(N)=O.CCC(CSCC[N+](C)(C)C)OC.CCCCSCC(C)(C)C(=O)OCCSCC.CCSCCOC(=O)C(C)(C)CC.CCSCCOC(=O)C(C)(C)CC.CCSCCOC(=O)C(C)(C)CC.CCSCCOC(=O)C(C)(C)CSCCN(C)C.Cl.[Cl-].[Cl-]. The summed E-state index contributed by atoms with van der Waals surface area (Å²) < 4.78 is 38.4. The first kappa shape index (κ1) is 146. The van der Waals surface area contributed by atoms with Gasteiger partial charge < -0.3 is 82.4 Å². The second-order valence-electron chi connectivity index (χ2n) is 35.4. The number of halogens is 3. The average molecular weight is 1950 g/mol. The predicted octanol–water partition coefficient (Wildman–Crippen LogP) is 14.3. The number of ether oxygens (including phenoxy) is 7. The highest BCUT2D eigenvalue weighted by molar-refractivity contribution is 8.00. The lowest BCUT2D eigenvalue weighted by atomic mass is 9.90. The number of unbranched alkanes of at least 4 members (excludes halogenated alkanes) is 1. The van der Waals surface area contributed by atoms with Crippen molar-refractivity contribution in [1.29, 1.82) is 0 Å². The standard InChI is InChI=1S/C13H27NO2S2.C13H26O2S2.C11H24NO2.C10H24NOS.3C10H20O2S.C6H13NO2.C6H13NO.3ClH/c1-6-17-10-8-16-12(15)13(2,3)11-18-9-7-14(4)5;1-5-7-9-17-11-13(3,4)12(14)15-8-10-16-6-2;1-7-11(2,3)10(13)14-9-8-12(4,5)6;1-6-10(12-5)9-13-8-7-11(2,3)4;3*1-5-10(3,4)9(11)12-7-8-13-6-2;1-4-6(2,3)5(8)9-7;1-4-6(2,3)5(7)8;;;/h6-11H2,1-5H3;5-11H2,1-4H3;7-9H2,1-6H3;10H,6-9H2,1-5H3;3*5-8H2,1-4H3;4,7H2,1-3H3;4H2,1-3H3,(H2,7,8);3*1H/q;;2*+1;;;;;;;;/p-2. The Hall–Kier alpha value is -0.770. The number of hydrogen-bond acceptors (Lipinski definition) is 26. The van der Waals surface area contributed by atoms with E-state index < -0.39 is 5.41 Å². The molecule has 32 heteroatoms. The molecule has 0 aliphatic rings. The Bertz CT molecular complexity index is 2400. The molecule has 0 bridgehead atoms. The number of thioether (sulfide) groups is 8. The molecular weight excluding hydrogens is 1760 g/mol. The summed E-state index contributed by atoms with van der Waals surface area (Å²) in [7, 11) is 18.9. The van der Waals surface area contributed by atoms with Gasteiger partial charge in [-0.05, 0) is 197 Å². The summed E-state index contributed by atoms with van der Waals surface area (Å²) in [6.07, 6.45) is 8.84. The van der Waals surface area contributed by atoms with Crippen molar-refractivity contribution >= 4 is 154 Å². The van der Waals surface area contributed by atoms with Gasteiger partial charge in [0.1, 0.15) is 46.2 Å². The van der Waals surface area contributed by atoms with Crippen molar-refractivity contribution in [1.82, 2.24) is 4.90 Å². The fraction of sp³-hybridized carbons (Fsp3) is 0.910. The molecule has 4 N–H and O–H groups in total. The smallest absolute Gasteiger partial charge is 0.329 e. The number of hydrogen-bond donors (Lipinski definition) is 2. The Balaban J connectivity index is -0.000000111. The number of carbonyl (C=O) groups is 8. The first-order chi connectivity index (χ1) is 54.3. The Labute approximate surface area is 797 Å². The average Bonchev–Trinajstić information content (AvgIpc) is 0.891. The van der Waals surface area contributed by atoms with E-state index in [-0.39, 0.29) is 123 Å². The molecule has 0 fully saturated rings. The molecular formula is C89H188Cl3N5O16S8. The van der Waals surface area contributed by atoms with Crippen LogP contribution in [0.2, 0.25) is 0 Å². The highest BCUT2D eigenvalue weighted by atomic mass is 35.5. The van der Waals surface area contributed by atoms with Gasteiger partial charge in [0.25, 0.3) is 0 Å². The van der Waals surface area contributed by atoms with Crippen LogP contribution in [0.3, 0.4) is 0 Å². The van der Waals surface area contributed by atoms with E-state index in [0.717, 1.165) is 153 Å². The Morgan fingerprint density at radius 1 is 0.347 bits per heavy atom. The molecule has 121 heavy (non-hydrogen) atoms. The maximum absolute atomic E-state index is 11.9. The number of amides is 1. The molecule has 0 spiro atoms. The molecule has 0 radical (unpaired) electrons. The van der Waals surface area contributed by atoms with E-state index in [1.807, 2.05) is 174 Å². The first-order valence-electron chi connectivity index (χ1n) is 42.9. The number of esters is 6. The van der Waals surface area contributed by atoms with Gasteiger partial charge in [-0.1, -0.05) is 110 Å². The molecule has 1 unspecified atom stereocenters. The highest BCUT2D eigenvalue weighted by Gasteiger charge is 2.33. The van der Waals surface area contributed by atoms with E-state index in [1.54, 1.807) is 79.8 Å². The van der Waals surface area contributed by atoms with Gasteiger partial charge in [0, 0.05) is 76.6 Å². The molecule has 21 nitrogen and oxygen atoms in total. The predicted molar refractivity (Wildman–Crippen MR) is 532 cm³/mol. The number of primary amides is 1. The minimum atomic E-state index is -0.436. The summed E-state index contributed by atoms with van der Waals surface area (Å²) in [5, 5.41) is 0. The third-order valence-corrected chi connectivity index (χ3v) is 26.8. The largest absolute Gasteiger partial charge is 1.00 e. The van der Waals surface area contributed by atoms with Crippen molar-refractivity contribution in [3.63, 3.8) is 0 Å². The van der Waals surface area contributed by atoms with Crippen LogP contribution in [-0.4, -0.2) is 282 Å². The van der Waals surface area contributed by atoms with Crippen LogP contribution in [0.5, 0.6) is 0 Å². The molecule has 0 aromatic heterocycles. The number of nitrogens with two attached hydrogens (primary N) is 2. The zero-order chi connectivity index (χ0) is 94.1. The monoisotopic (exact) mass is 1940 g/mol. The third kappa shape index (κ3) is 95.1. The quantitative estimate of drug-likeness (QED) is 0.0188. The lowest BCUT2D eigenvalue weighted by Gasteiger charge is -2.25. The van der Waals surface area contributed by atoms with Crippen LogP contribution >= 0.6 is 107 Å².